The van der Waals surface area contributed by atoms with Crippen molar-refractivity contribution in [2.45, 2.75) is 30.5 Å². The molecule has 2 unspecified atom stereocenters. The Hall–Kier alpha value is 0.280. The van der Waals surface area contributed by atoms with Gasteiger partial charge in [-0.15, -0.1) is 0 Å². The van der Waals surface area contributed by atoms with Crippen LogP contribution in [0, 0.1) is 0 Å². The van der Waals surface area contributed by atoms with Crippen molar-refractivity contribution in [1.29, 1.82) is 0 Å². The Morgan fingerprint density at radius 2 is 1.71 bits per heavy atom. The Morgan fingerprint density at radius 3 is 2.29 bits per heavy atom. The maximum atomic E-state index is 6.19. The maximum absolute atomic E-state index is 6.19. The molecule has 0 heterocycles. The van der Waals surface area contributed by atoms with Crippen LogP contribution < -0.4 is 0 Å². The van der Waals surface area contributed by atoms with Crippen molar-refractivity contribution in [3.8, 4) is 0 Å². The largest absolute Gasteiger partial charge is 0.0840 e. The van der Waals surface area contributed by atoms with Crippen LogP contribution in [0.15, 0.2) is 12.1 Å². The number of alkyl halides is 1. The van der Waals surface area contributed by atoms with Gasteiger partial charge in [-0.05, 0) is 42.0 Å². The van der Waals surface area contributed by atoms with E-state index in [9.17, 15) is 0 Å². The predicted molar refractivity (Wildman–Crippen MR) is 65.8 cm³/mol. The second-order valence-electron chi connectivity index (χ2n) is 3.80. The summed E-state index contributed by atoms with van der Waals surface area (Å²) in [6.45, 7) is 2.21. The lowest BCUT2D eigenvalue weighted by atomic mass is 9.84. The third-order valence-corrected chi connectivity index (χ3v) is 4.41. The molecule has 0 fully saturated rings. The lowest BCUT2D eigenvalue weighted by Gasteiger charge is -2.28. The van der Waals surface area contributed by atoms with Gasteiger partial charge in [-0.3, -0.25) is 0 Å². The fourth-order valence-corrected chi connectivity index (χ4v) is 3.62. The summed E-state index contributed by atoms with van der Waals surface area (Å²) in [5.41, 5.74) is 2.42. The summed E-state index contributed by atoms with van der Waals surface area (Å²) in [5, 5.41) is 1.68. The molecule has 0 bridgehead atoms. The van der Waals surface area contributed by atoms with E-state index in [1.54, 1.807) is 0 Å². The van der Waals surface area contributed by atoms with Crippen molar-refractivity contribution in [2.75, 3.05) is 0 Å². The second kappa shape index (κ2) is 4.03. The summed E-state index contributed by atoms with van der Waals surface area (Å²) < 4.78 is 0. The van der Waals surface area contributed by atoms with E-state index in [2.05, 4.69) is 22.9 Å². The molecule has 3 heteroatoms. The lowest BCUT2D eigenvalue weighted by molar-refractivity contribution is 0.587. The first-order valence-corrected chi connectivity index (χ1v) is 6.40. The van der Waals surface area contributed by atoms with Crippen molar-refractivity contribution < 1.29 is 0 Å². The Morgan fingerprint density at radius 1 is 1.14 bits per heavy atom. The zero-order valence-corrected chi connectivity index (χ0v) is 11.0. The Balaban J connectivity index is 2.65. The molecule has 1 aromatic rings. The summed E-state index contributed by atoms with van der Waals surface area (Å²) in [4.78, 5) is 0.361. The van der Waals surface area contributed by atoms with Crippen LogP contribution in [0.4, 0.5) is 0 Å². The van der Waals surface area contributed by atoms with Gasteiger partial charge in [0.05, 0.1) is 0 Å². The normalized spacial score (nSPS) is 26.0. The first kappa shape index (κ1) is 10.8. The molecule has 0 saturated carbocycles. The van der Waals surface area contributed by atoms with E-state index < -0.39 is 0 Å². The van der Waals surface area contributed by atoms with Crippen LogP contribution in [0.2, 0.25) is 10.0 Å². The van der Waals surface area contributed by atoms with Gasteiger partial charge in [-0.2, -0.15) is 0 Å². The minimum Gasteiger partial charge on any atom is -0.0840 e. The monoisotopic (exact) mass is 292 g/mol. The number of halogens is 3. The van der Waals surface area contributed by atoms with Gasteiger partial charge >= 0.3 is 0 Å². The van der Waals surface area contributed by atoms with Crippen molar-refractivity contribution in [2.24, 2.45) is 0 Å². The highest BCUT2D eigenvalue weighted by Gasteiger charge is 2.27. The summed E-state index contributed by atoms with van der Waals surface area (Å²) in [5.74, 6) is 0.519. The molecular weight excluding hydrogens is 283 g/mol. The van der Waals surface area contributed by atoms with Gasteiger partial charge in [0.25, 0.3) is 0 Å². The van der Waals surface area contributed by atoms with Crippen molar-refractivity contribution >= 4 is 39.1 Å². The van der Waals surface area contributed by atoms with Gasteiger partial charge in [0.2, 0.25) is 0 Å². The molecule has 1 aliphatic carbocycles. The zero-order valence-electron chi connectivity index (χ0n) is 7.86. The highest BCUT2D eigenvalue weighted by atomic mass is 79.9. The highest BCUT2D eigenvalue weighted by molar-refractivity contribution is 9.09. The molecule has 0 aromatic heterocycles. The fourth-order valence-electron chi connectivity index (χ4n) is 2.09. The molecule has 14 heavy (non-hydrogen) atoms. The van der Waals surface area contributed by atoms with Crippen LogP contribution in [0.25, 0.3) is 0 Å². The van der Waals surface area contributed by atoms with Crippen LogP contribution in [0.1, 0.15) is 41.6 Å². The molecule has 0 radical (unpaired) electrons. The summed E-state index contributed by atoms with van der Waals surface area (Å²) in [7, 11) is 0. The quantitative estimate of drug-likeness (QED) is 0.567. The van der Waals surface area contributed by atoms with E-state index in [-0.39, 0.29) is 0 Å². The molecule has 0 saturated heterocycles. The van der Waals surface area contributed by atoms with Gasteiger partial charge in [-0.25, -0.2) is 0 Å². The molecule has 2 rings (SSSR count). The van der Waals surface area contributed by atoms with Gasteiger partial charge in [0.1, 0.15) is 0 Å². The van der Waals surface area contributed by atoms with Crippen LogP contribution >= 0.6 is 39.1 Å². The SMILES string of the molecule is CC1CCC(Br)c2c(Cl)ccc(Cl)c21. The smallest absolute Gasteiger partial charge is 0.0453 e. The average molecular weight is 294 g/mol. The van der Waals surface area contributed by atoms with E-state index in [0.717, 1.165) is 16.5 Å². The maximum Gasteiger partial charge on any atom is 0.0453 e. The molecule has 0 nitrogen and oxygen atoms in total. The number of rotatable bonds is 0. The minimum absolute atomic E-state index is 0.361. The topological polar surface area (TPSA) is 0 Å². The molecule has 0 amide bonds. The van der Waals surface area contributed by atoms with Crippen LogP contribution in [0.5, 0.6) is 0 Å². The van der Waals surface area contributed by atoms with E-state index in [0.29, 0.717) is 10.7 Å². The molecular formula is C11H11BrCl2. The van der Waals surface area contributed by atoms with Gasteiger partial charge in [-0.1, -0.05) is 46.1 Å². The van der Waals surface area contributed by atoms with Crippen molar-refractivity contribution in [1.82, 2.24) is 0 Å². The van der Waals surface area contributed by atoms with Gasteiger partial charge in [0.15, 0.2) is 0 Å². The van der Waals surface area contributed by atoms with Gasteiger partial charge in [0, 0.05) is 14.9 Å². The van der Waals surface area contributed by atoms with E-state index >= 15 is 0 Å². The first-order valence-electron chi connectivity index (χ1n) is 4.73. The Labute approximate surface area is 103 Å². The third-order valence-electron chi connectivity index (χ3n) is 2.84. The molecule has 0 spiro atoms. The fraction of sp³-hybridized carbons (Fsp3) is 0.455. The first-order chi connectivity index (χ1) is 6.61. The number of fused-ring (bicyclic) bond motifs is 1. The Bertz CT molecular complexity index is 328. The lowest BCUT2D eigenvalue weighted by Crippen LogP contribution is -2.10. The number of hydrogen-bond donors (Lipinski definition) is 0. The predicted octanol–water partition coefficient (Wildman–Crippen LogP) is 5.33. The van der Waals surface area contributed by atoms with E-state index in [1.165, 1.54) is 17.5 Å². The highest BCUT2D eigenvalue weighted by Crippen LogP contribution is 2.47. The third kappa shape index (κ3) is 1.70. The molecule has 76 valence electrons. The average Bonchev–Trinajstić information content (AvgIpc) is 2.16. The van der Waals surface area contributed by atoms with Crippen LogP contribution in [-0.2, 0) is 0 Å². The summed E-state index contributed by atoms with van der Waals surface area (Å²) in [6.07, 6.45) is 2.30. The van der Waals surface area contributed by atoms with Crippen LogP contribution in [-0.4, -0.2) is 0 Å². The second-order valence-corrected chi connectivity index (χ2v) is 5.72. The van der Waals surface area contributed by atoms with Crippen LogP contribution in [0.3, 0.4) is 0 Å². The molecule has 1 aliphatic rings. The van der Waals surface area contributed by atoms with E-state index in [1.807, 2.05) is 12.1 Å². The molecule has 1 aromatic carbocycles. The van der Waals surface area contributed by atoms with E-state index in [4.69, 9.17) is 23.2 Å². The zero-order chi connectivity index (χ0) is 10.3. The van der Waals surface area contributed by atoms with Crippen molar-refractivity contribution in [3.05, 3.63) is 33.3 Å². The standard InChI is InChI=1S/C11H11BrCl2/c1-6-2-3-7(12)11-9(14)5-4-8(13)10(6)11/h4-7H,2-3H2,1H3. The minimum atomic E-state index is 0.361. The number of benzene rings is 1. The number of hydrogen-bond acceptors (Lipinski definition) is 0. The molecule has 2 atom stereocenters. The molecule has 0 aliphatic heterocycles. The summed E-state index contributed by atoms with van der Waals surface area (Å²) >= 11 is 16.0. The summed E-state index contributed by atoms with van der Waals surface area (Å²) in [6, 6.07) is 3.78. The van der Waals surface area contributed by atoms with Crippen molar-refractivity contribution in [3.63, 3.8) is 0 Å². The van der Waals surface area contributed by atoms with Gasteiger partial charge < -0.3 is 0 Å². The molecule has 0 N–H and O–H groups in total. The Kier molecular flexibility index (Phi) is 3.11.